The number of hydrogen-bond donors (Lipinski definition) is 2. The number of rotatable bonds is 5. The average Bonchev–Trinajstić information content (AvgIpc) is 2.65. The summed E-state index contributed by atoms with van der Waals surface area (Å²) in [7, 11) is -3.75. The van der Waals surface area contributed by atoms with Gasteiger partial charge in [0.05, 0.1) is 4.90 Å². The van der Waals surface area contributed by atoms with E-state index in [4.69, 9.17) is 0 Å². The number of carbonyl (C=O) groups excluding carboxylic acids is 1. The lowest BCUT2D eigenvalue weighted by Crippen LogP contribution is -2.15. The minimum atomic E-state index is -3.75. The molecule has 138 valence electrons. The minimum Gasteiger partial charge on any atom is -0.322 e. The number of hydrogen-bond acceptors (Lipinski definition) is 4. The van der Waals surface area contributed by atoms with E-state index in [-0.39, 0.29) is 16.6 Å². The van der Waals surface area contributed by atoms with Gasteiger partial charge < -0.3 is 5.32 Å². The first-order valence-electron chi connectivity index (χ1n) is 8.28. The molecule has 27 heavy (non-hydrogen) atoms. The highest BCUT2D eigenvalue weighted by molar-refractivity contribution is 7.92. The zero-order valence-corrected chi connectivity index (χ0v) is 15.7. The zero-order valence-electron chi connectivity index (χ0n) is 14.9. The number of nitrogens with one attached hydrogen (secondary N) is 2. The van der Waals surface area contributed by atoms with Crippen molar-refractivity contribution in [1.29, 1.82) is 0 Å². The van der Waals surface area contributed by atoms with E-state index in [0.29, 0.717) is 11.3 Å². The molecule has 2 aromatic carbocycles. The Morgan fingerprint density at radius 3 is 2.30 bits per heavy atom. The van der Waals surface area contributed by atoms with Gasteiger partial charge in [-0.1, -0.05) is 12.1 Å². The third-order valence-electron chi connectivity index (χ3n) is 4.10. The Morgan fingerprint density at radius 1 is 0.926 bits per heavy atom. The number of carbonyl (C=O) groups is 1. The molecule has 2 N–H and O–H groups in total. The van der Waals surface area contributed by atoms with Gasteiger partial charge in [0.25, 0.3) is 15.9 Å². The number of pyridine rings is 1. The van der Waals surface area contributed by atoms with E-state index in [0.717, 1.165) is 11.1 Å². The SMILES string of the molecule is Cc1ccc(C(=O)Nc2ccc(S(=O)(=O)Nc3ccccn3)cc2)cc1C. The highest BCUT2D eigenvalue weighted by Gasteiger charge is 2.15. The van der Waals surface area contributed by atoms with Crippen LogP contribution in [0.5, 0.6) is 0 Å². The second-order valence-corrected chi connectivity index (χ2v) is 7.78. The Kier molecular flexibility index (Phi) is 5.23. The quantitative estimate of drug-likeness (QED) is 0.704. The van der Waals surface area contributed by atoms with Gasteiger partial charge in [-0.25, -0.2) is 13.4 Å². The summed E-state index contributed by atoms with van der Waals surface area (Å²) in [6.07, 6.45) is 1.50. The van der Waals surface area contributed by atoms with Crippen LogP contribution in [0.3, 0.4) is 0 Å². The van der Waals surface area contributed by atoms with Crippen molar-refractivity contribution < 1.29 is 13.2 Å². The topological polar surface area (TPSA) is 88.2 Å². The normalized spacial score (nSPS) is 11.0. The highest BCUT2D eigenvalue weighted by atomic mass is 32.2. The van der Waals surface area contributed by atoms with Crippen molar-refractivity contribution in [3.63, 3.8) is 0 Å². The maximum atomic E-state index is 12.4. The summed E-state index contributed by atoms with van der Waals surface area (Å²) in [5.74, 6) is -0.00932. The lowest BCUT2D eigenvalue weighted by Gasteiger charge is -2.09. The molecular weight excluding hydrogens is 362 g/mol. The molecule has 1 aromatic heterocycles. The summed E-state index contributed by atoms with van der Waals surface area (Å²) in [5, 5.41) is 2.77. The largest absolute Gasteiger partial charge is 0.322 e. The lowest BCUT2D eigenvalue weighted by molar-refractivity contribution is 0.102. The molecule has 0 fully saturated rings. The van der Waals surface area contributed by atoms with E-state index < -0.39 is 10.0 Å². The number of aromatic nitrogens is 1. The van der Waals surface area contributed by atoms with Gasteiger partial charge in [-0.3, -0.25) is 9.52 Å². The average molecular weight is 381 g/mol. The van der Waals surface area contributed by atoms with Gasteiger partial charge in [0.1, 0.15) is 5.82 Å². The highest BCUT2D eigenvalue weighted by Crippen LogP contribution is 2.18. The molecule has 0 atom stereocenters. The first-order chi connectivity index (χ1) is 12.8. The van der Waals surface area contributed by atoms with Gasteiger partial charge >= 0.3 is 0 Å². The lowest BCUT2D eigenvalue weighted by atomic mass is 10.1. The van der Waals surface area contributed by atoms with Crippen LogP contribution < -0.4 is 10.0 Å². The van der Waals surface area contributed by atoms with Crippen molar-refractivity contribution in [2.75, 3.05) is 10.0 Å². The van der Waals surface area contributed by atoms with E-state index in [2.05, 4.69) is 15.0 Å². The fourth-order valence-corrected chi connectivity index (χ4v) is 3.43. The molecule has 0 aliphatic heterocycles. The van der Waals surface area contributed by atoms with Gasteiger partial charge in [-0.05, 0) is 73.5 Å². The van der Waals surface area contributed by atoms with Crippen LogP contribution >= 0.6 is 0 Å². The Hall–Kier alpha value is -3.19. The predicted octanol–water partition coefficient (Wildman–Crippen LogP) is 3.75. The number of sulfonamides is 1. The Balaban J connectivity index is 1.73. The van der Waals surface area contributed by atoms with E-state index in [1.807, 2.05) is 26.0 Å². The molecule has 0 aliphatic carbocycles. The van der Waals surface area contributed by atoms with Gasteiger partial charge in [-0.2, -0.15) is 0 Å². The Morgan fingerprint density at radius 2 is 1.67 bits per heavy atom. The minimum absolute atomic E-state index is 0.0809. The summed E-state index contributed by atoms with van der Waals surface area (Å²) in [6, 6.07) is 16.4. The number of aryl methyl sites for hydroxylation is 2. The maximum absolute atomic E-state index is 12.4. The number of anilines is 2. The van der Waals surface area contributed by atoms with Crippen molar-refractivity contribution in [3.8, 4) is 0 Å². The first-order valence-corrected chi connectivity index (χ1v) is 9.76. The van der Waals surface area contributed by atoms with Gasteiger partial charge in [0.2, 0.25) is 0 Å². The molecule has 0 unspecified atom stereocenters. The monoisotopic (exact) mass is 381 g/mol. The molecule has 0 saturated carbocycles. The van der Waals surface area contributed by atoms with Crippen molar-refractivity contribution in [3.05, 3.63) is 83.6 Å². The van der Waals surface area contributed by atoms with E-state index >= 15 is 0 Å². The van der Waals surface area contributed by atoms with Crippen molar-refractivity contribution in [1.82, 2.24) is 4.98 Å². The molecule has 3 aromatic rings. The molecule has 0 radical (unpaired) electrons. The molecule has 3 rings (SSSR count). The van der Waals surface area contributed by atoms with E-state index in [1.54, 1.807) is 36.4 Å². The molecule has 1 amide bonds. The van der Waals surface area contributed by atoms with Crippen LogP contribution in [-0.2, 0) is 10.0 Å². The van der Waals surface area contributed by atoms with Crippen LogP contribution in [-0.4, -0.2) is 19.3 Å². The van der Waals surface area contributed by atoms with Crippen LogP contribution in [0.15, 0.2) is 71.8 Å². The van der Waals surface area contributed by atoms with Crippen molar-refractivity contribution in [2.45, 2.75) is 18.7 Å². The second kappa shape index (κ2) is 7.59. The molecule has 1 heterocycles. The second-order valence-electron chi connectivity index (χ2n) is 6.10. The van der Waals surface area contributed by atoms with Crippen LogP contribution in [0.2, 0.25) is 0 Å². The molecule has 6 nitrogen and oxygen atoms in total. The van der Waals surface area contributed by atoms with Gasteiger partial charge in [0, 0.05) is 17.4 Å². The predicted molar refractivity (Wildman–Crippen MR) is 105 cm³/mol. The molecule has 0 aliphatic rings. The summed E-state index contributed by atoms with van der Waals surface area (Å²) < 4.78 is 27.2. The summed E-state index contributed by atoms with van der Waals surface area (Å²) >= 11 is 0. The fourth-order valence-electron chi connectivity index (χ4n) is 2.42. The van der Waals surface area contributed by atoms with E-state index in [9.17, 15) is 13.2 Å². The van der Waals surface area contributed by atoms with Gasteiger partial charge in [-0.15, -0.1) is 0 Å². The van der Waals surface area contributed by atoms with Gasteiger partial charge in [0.15, 0.2) is 0 Å². The summed E-state index contributed by atoms with van der Waals surface area (Å²) in [5.41, 5.74) is 3.20. The number of benzene rings is 2. The van der Waals surface area contributed by atoms with Crippen molar-refractivity contribution >= 4 is 27.4 Å². The Labute approximate surface area is 158 Å². The maximum Gasteiger partial charge on any atom is 0.263 e. The third kappa shape index (κ3) is 4.51. The van der Waals surface area contributed by atoms with Crippen LogP contribution in [0, 0.1) is 13.8 Å². The van der Waals surface area contributed by atoms with E-state index in [1.165, 1.54) is 18.3 Å². The fraction of sp³-hybridized carbons (Fsp3) is 0.100. The summed E-state index contributed by atoms with van der Waals surface area (Å²) in [6.45, 7) is 3.93. The molecule has 0 saturated heterocycles. The van der Waals surface area contributed by atoms with Crippen LogP contribution in [0.4, 0.5) is 11.5 Å². The van der Waals surface area contributed by atoms with Crippen LogP contribution in [0.1, 0.15) is 21.5 Å². The third-order valence-corrected chi connectivity index (χ3v) is 5.47. The standard InChI is InChI=1S/C20H19N3O3S/c1-14-6-7-16(13-15(14)2)20(24)22-17-8-10-18(11-9-17)27(25,26)23-19-5-3-4-12-21-19/h3-13H,1-2H3,(H,21,23)(H,22,24). The van der Waals surface area contributed by atoms with Crippen LogP contribution in [0.25, 0.3) is 0 Å². The first kappa shape index (κ1) is 18.6. The molecule has 0 spiro atoms. The summed E-state index contributed by atoms with van der Waals surface area (Å²) in [4.78, 5) is 16.4. The smallest absolute Gasteiger partial charge is 0.263 e. The number of amides is 1. The molecular formula is C20H19N3O3S. The number of nitrogens with zero attached hydrogens (tertiary/aromatic N) is 1. The Bertz CT molecular complexity index is 1060. The molecule has 7 heteroatoms. The zero-order chi connectivity index (χ0) is 19.4. The molecule has 0 bridgehead atoms. The van der Waals surface area contributed by atoms with Crippen molar-refractivity contribution in [2.24, 2.45) is 0 Å².